The number of fused-ring (bicyclic) bond motifs is 1. The van der Waals surface area contributed by atoms with Crippen LogP contribution in [-0.2, 0) is 7.05 Å². The number of rotatable bonds is 6. The van der Waals surface area contributed by atoms with Crippen molar-refractivity contribution in [2.75, 3.05) is 26.8 Å². The molecule has 0 bridgehead atoms. The number of ether oxygens (including phenoxy) is 3. The van der Waals surface area contributed by atoms with Crippen molar-refractivity contribution >= 4 is 22.8 Å². The van der Waals surface area contributed by atoms with Crippen LogP contribution in [0, 0.1) is 0 Å². The van der Waals surface area contributed by atoms with Crippen molar-refractivity contribution in [3.05, 3.63) is 52.3 Å². The number of hydrogen-bond acceptors (Lipinski definition) is 7. The van der Waals surface area contributed by atoms with E-state index in [2.05, 4.69) is 15.8 Å². The highest BCUT2D eigenvalue weighted by Crippen LogP contribution is 2.30. The molecule has 0 spiro atoms. The van der Waals surface area contributed by atoms with Crippen LogP contribution in [0.25, 0.3) is 10.9 Å². The van der Waals surface area contributed by atoms with Gasteiger partial charge in [-0.1, -0.05) is 0 Å². The molecule has 1 aromatic heterocycles. The molecule has 0 aliphatic rings. The van der Waals surface area contributed by atoms with Crippen LogP contribution in [0.1, 0.15) is 10.4 Å². The fraction of sp³-hybridized carbons (Fsp3) is 0.211. The number of anilines is 1. The lowest BCUT2D eigenvalue weighted by Crippen LogP contribution is -2.33. The van der Waals surface area contributed by atoms with Crippen LogP contribution in [0.5, 0.6) is 17.2 Å². The molecule has 0 fully saturated rings. The number of amides is 1. The Morgan fingerprint density at radius 3 is 2.25 bits per heavy atom. The van der Waals surface area contributed by atoms with E-state index in [1.807, 2.05) is 0 Å². The van der Waals surface area contributed by atoms with Crippen LogP contribution >= 0.6 is 0 Å². The lowest BCUT2D eigenvalue weighted by molar-refractivity contribution is 0.0962. The van der Waals surface area contributed by atoms with Crippen molar-refractivity contribution in [1.82, 2.24) is 15.0 Å². The molecule has 3 rings (SSSR count). The second-order valence-electron chi connectivity index (χ2n) is 5.83. The number of carbonyl (C=O) groups excluding carboxylic acids is 1. The Kier molecular flexibility index (Phi) is 5.35. The molecule has 9 heteroatoms. The first kappa shape index (κ1) is 19.0. The average molecular weight is 384 g/mol. The Morgan fingerprint density at radius 1 is 1.00 bits per heavy atom. The van der Waals surface area contributed by atoms with Crippen molar-refractivity contribution in [3.63, 3.8) is 0 Å². The summed E-state index contributed by atoms with van der Waals surface area (Å²) in [5.41, 5.74) is 5.74. The fourth-order valence-electron chi connectivity index (χ4n) is 2.64. The third kappa shape index (κ3) is 3.54. The Hall–Kier alpha value is -3.75. The Balaban J connectivity index is 1.89. The molecule has 1 heterocycles. The van der Waals surface area contributed by atoms with Gasteiger partial charge in [0.15, 0.2) is 11.5 Å². The maximum atomic E-state index is 12.7. The smallest absolute Gasteiger partial charge is 0.269 e. The van der Waals surface area contributed by atoms with E-state index < -0.39 is 0 Å². The molecule has 0 aliphatic heterocycles. The highest BCUT2D eigenvalue weighted by Gasteiger charge is 2.14. The lowest BCUT2D eigenvalue weighted by Gasteiger charge is -2.14. The molecule has 3 aromatic rings. The van der Waals surface area contributed by atoms with Crippen molar-refractivity contribution in [2.24, 2.45) is 7.05 Å². The minimum absolute atomic E-state index is 0.173. The van der Waals surface area contributed by atoms with E-state index in [1.165, 1.54) is 18.8 Å². The van der Waals surface area contributed by atoms with E-state index >= 15 is 0 Å². The molecule has 1 amide bonds. The number of nitrogens with zero attached hydrogens (tertiary/aromatic N) is 2. The van der Waals surface area contributed by atoms with E-state index in [9.17, 15) is 9.59 Å². The summed E-state index contributed by atoms with van der Waals surface area (Å²) in [6.07, 6.45) is 0. The zero-order chi connectivity index (χ0) is 20.3. The monoisotopic (exact) mass is 384 g/mol. The summed E-state index contributed by atoms with van der Waals surface area (Å²) in [5.74, 6) is 1.31. The van der Waals surface area contributed by atoms with Crippen molar-refractivity contribution in [3.8, 4) is 17.2 Å². The maximum absolute atomic E-state index is 12.7. The van der Waals surface area contributed by atoms with Crippen LogP contribution < -0.4 is 30.6 Å². The van der Waals surface area contributed by atoms with E-state index in [0.29, 0.717) is 33.7 Å². The van der Waals surface area contributed by atoms with Gasteiger partial charge in [0.05, 0.1) is 32.2 Å². The molecule has 2 aromatic carbocycles. The highest BCUT2D eigenvalue weighted by molar-refractivity contribution is 5.95. The Labute approximate surface area is 160 Å². The van der Waals surface area contributed by atoms with Crippen molar-refractivity contribution in [1.29, 1.82) is 0 Å². The SMILES string of the molecule is COc1ccc(C(=O)NNc2nc3cc(OC)c(OC)cc3c(=O)n2C)cc1. The minimum atomic E-state index is -0.385. The summed E-state index contributed by atoms with van der Waals surface area (Å²) in [6.45, 7) is 0. The molecule has 0 aliphatic carbocycles. The summed E-state index contributed by atoms with van der Waals surface area (Å²) >= 11 is 0. The van der Waals surface area contributed by atoms with Gasteiger partial charge >= 0.3 is 0 Å². The third-order valence-electron chi connectivity index (χ3n) is 4.22. The zero-order valence-electron chi connectivity index (χ0n) is 15.9. The molecular formula is C19H20N4O5. The predicted octanol–water partition coefficient (Wildman–Crippen LogP) is 1.72. The predicted molar refractivity (Wildman–Crippen MR) is 104 cm³/mol. The largest absolute Gasteiger partial charge is 0.497 e. The van der Waals surface area contributed by atoms with Crippen LogP contribution in [-0.4, -0.2) is 36.8 Å². The van der Waals surface area contributed by atoms with Crippen LogP contribution in [0.2, 0.25) is 0 Å². The standard InChI is InChI=1S/C19H20N4O5/c1-23-18(25)13-9-15(27-3)16(28-4)10-14(13)20-19(23)22-21-17(24)11-5-7-12(26-2)8-6-11/h5-10H,1-4H3,(H,20,22)(H,21,24). The van der Waals surface area contributed by atoms with Gasteiger partial charge in [-0.25, -0.2) is 4.98 Å². The maximum Gasteiger partial charge on any atom is 0.269 e. The number of methoxy groups -OCH3 is 3. The first-order chi connectivity index (χ1) is 13.5. The number of hydrogen-bond donors (Lipinski definition) is 2. The minimum Gasteiger partial charge on any atom is -0.497 e. The molecular weight excluding hydrogens is 364 g/mol. The van der Waals surface area contributed by atoms with Crippen LogP contribution in [0.4, 0.5) is 5.95 Å². The lowest BCUT2D eigenvalue weighted by atomic mass is 10.2. The summed E-state index contributed by atoms with van der Waals surface area (Å²) in [7, 11) is 6.09. The molecule has 2 N–H and O–H groups in total. The van der Waals surface area contributed by atoms with Crippen LogP contribution in [0.3, 0.4) is 0 Å². The van der Waals surface area contributed by atoms with Crippen LogP contribution in [0.15, 0.2) is 41.2 Å². The van der Waals surface area contributed by atoms with Gasteiger partial charge in [-0.3, -0.25) is 25.0 Å². The topological polar surface area (TPSA) is 104 Å². The summed E-state index contributed by atoms with van der Waals surface area (Å²) in [4.78, 5) is 29.4. The van der Waals surface area contributed by atoms with E-state index in [4.69, 9.17) is 14.2 Å². The zero-order valence-corrected chi connectivity index (χ0v) is 15.9. The van der Waals surface area contributed by atoms with Gasteiger partial charge in [0.1, 0.15) is 5.75 Å². The van der Waals surface area contributed by atoms with Gasteiger partial charge < -0.3 is 14.2 Å². The molecule has 0 atom stereocenters. The summed E-state index contributed by atoms with van der Waals surface area (Å²) < 4.78 is 16.8. The summed E-state index contributed by atoms with van der Waals surface area (Å²) in [6, 6.07) is 9.78. The second kappa shape index (κ2) is 7.87. The Morgan fingerprint density at radius 2 is 1.64 bits per heavy atom. The molecule has 9 nitrogen and oxygen atoms in total. The van der Waals surface area contributed by atoms with Gasteiger partial charge in [-0.15, -0.1) is 0 Å². The molecule has 0 saturated heterocycles. The summed E-state index contributed by atoms with van der Waals surface area (Å²) in [5, 5.41) is 0.368. The number of benzene rings is 2. The van der Waals surface area contributed by atoms with Gasteiger partial charge in [0.2, 0.25) is 5.95 Å². The van der Waals surface area contributed by atoms with Gasteiger partial charge in [0, 0.05) is 18.7 Å². The van der Waals surface area contributed by atoms with E-state index in [1.54, 1.807) is 50.6 Å². The Bertz CT molecular complexity index is 1080. The molecule has 146 valence electrons. The second-order valence-corrected chi connectivity index (χ2v) is 5.83. The molecule has 0 saturated carbocycles. The van der Waals surface area contributed by atoms with Gasteiger partial charge in [0.25, 0.3) is 11.5 Å². The van der Waals surface area contributed by atoms with Crippen molar-refractivity contribution < 1.29 is 19.0 Å². The highest BCUT2D eigenvalue weighted by atomic mass is 16.5. The van der Waals surface area contributed by atoms with Crippen molar-refractivity contribution in [2.45, 2.75) is 0 Å². The number of aromatic nitrogens is 2. The molecule has 28 heavy (non-hydrogen) atoms. The number of nitrogens with one attached hydrogen (secondary N) is 2. The van der Waals surface area contributed by atoms with E-state index in [0.717, 1.165) is 0 Å². The molecule has 0 radical (unpaired) electrons. The van der Waals surface area contributed by atoms with E-state index in [-0.39, 0.29) is 17.4 Å². The quantitative estimate of drug-likeness (QED) is 0.624. The number of hydrazine groups is 1. The fourth-order valence-corrected chi connectivity index (χ4v) is 2.64. The third-order valence-corrected chi connectivity index (χ3v) is 4.22. The van der Waals surface area contributed by atoms with Gasteiger partial charge in [-0.2, -0.15) is 0 Å². The first-order valence-electron chi connectivity index (χ1n) is 8.31. The molecule has 0 unspecified atom stereocenters. The average Bonchev–Trinajstić information content (AvgIpc) is 2.74. The first-order valence-corrected chi connectivity index (χ1v) is 8.31. The number of carbonyl (C=O) groups is 1. The normalized spacial score (nSPS) is 10.4. The van der Waals surface area contributed by atoms with Gasteiger partial charge in [-0.05, 0) is 30.3 Å².